The van der Waals surface area contributed by atoms with E-state index in [-0.39, 0.29) is 18.0 Å². The molecule has 0 spiro atoms. The van der Waals surface area contributed by atoms with E-state index in [0.29, 0.717) is 11.4 Å². The summed E-state index contributed by atoms with van der Waals surface area (Å²) in [7, 11) is 1.73. The lowest BCUT2D eigenvalue weighted by Gasteiger charge is -2.01. The molecule has 0 aliphatic heterocycles. The molecular weight excluding hydrogens is 343 g/mol. The molecule has 18 heavy (non-hydrogen) atoms. The van der Waals surface area contributed by atoms with Crippen molar-refractivity contribution in [2.45, 2.75) is 6.42 Å². The molecule has 0 saturated carbocycles. The number of rotatable bonds is 4. The van der Waals surface area contributed by atoms with E-state index in [1.807, 2.05) is 12.1 Å². The van der Waals surface area contributed by atoms with Crippen molar-refractivity contribution in [2.24, 2.45) is 7.05 Å². The van der Waals surface area contributed by atoms with Crippen LogP contribution >= 0.6 is 22.6 Å². The molecule has 4 nitrogen and oxygen atoms in total. The number of ketones is 2. The van der Waals surface area contributed by atoms with E-state index in [0.717, 1.165) is 3.57 Å². The average Bonchev–Trinajstić information content (AvgIpc) is 2.76. The normalized spacial score (nSPS) is 10.3. The fraction of sp³-hybridized carbons (Fsp3) is 0.154. The van der Waals surface area contributed by atoms with Crippen LogP contribution in [0.3, 0.4) is 0 Å². The highest BCUT2D eigenvalue weighted by molar-refractivity contribution is 14.1. The molecule has 2 rings (SSSR count). The van der Waals surface area contributed by atoms with Crippen LogP contribution in [0.1, 0.15) is 27.4 Å². The summed E-state index contributed by atoms with van der Waals surface area (Å²) in [6.07, 6.45) is 3.08. The second-order valence-electron chi connectivity index (χ2n) is 3.89. The van der Waals surface area contributed by atoms with Gasteiger partial charge in [0.25, 0.3) is 0 Å². The quantitative estimate of drug-likeness (QED) is 0.482. The Labute approximate surface area is 118 Å². The Morgan fingerprint density at radius 3 is 2.44 bits per heavy atom. The SMILES string of the molecule is Cn1ccnc1C(=O)CC(=O)c1ccc(I)cc1. The van der Waals surface area contributed by atoms with Crippen LogP contribution in [-0.4, -0.2) is 21.1 Å². The lowest BCUT2D eigenvalue weighted by atomic mass is 10.1. The lowest BCUT2D eigenvalue weighted by molar-refractivity contribution is 0.0886. The van der Waals surface area contributed by atoms with E-state index in [1.54, 1.807) is 36.1 Å². The molecule has 0 N–H and O–H groups in total. The maximum Gasteiger partial charge on any atom is 0.205 e. The van der Waals surface area contributed by atoms with E-state index in [2.05, 4.69) is 27.6 Å². The minimum atomic E-state index is -0.258. The number of Topliss-reactive ketones (excluding diaryl/α,β-unsaturated/α-hetero) is 2. The van der Waals surface area contributed by atoms with Crippen molar-refractivity contribution in [1.29, 1.82) is 0 Å². The highest BCUT2D eigenvalue weighted by atomic mass is 127. The van der Waals surface area contributed by atoms with Crippen LogP contribution < -0.4 is 0 Å². The van der Waals surface area contributed by atoms with Gasteiger partial charge in [0.1, 0.15) is 0 Å². The largest absolute Gasteiger partial charge is 0.332 e. The van der Waals surface area contributed by atoms with E-state index < -0.39 is 0 Å². The van der Waals surface area contributed by atoms with Crippen LogP contribution in [-0.2, 0) is 7.05 Å². The van der Waals surface area contributed by atoms with Gasteiger partial charge in [0.15, 0.2) is 11.6 Å². The second-order valence-corrected chi connectivity index (χ2v) is 5.14. The number of nitrogens with zero attached hydrogens (tertiary/aromatic N) is 2. The topological polar surface area (TPSA) is 52.0 Å². The van der Waals surface area contributed by atoms with Crippen molar-refractivity contribution < 1.29 is 9.59 Å². The molecule has 0 atom stereocenters. The Bertz CT molecular complexity index is 587. The van der Waals surface area contributed by atoms with Crippen molar-refractivity contribution >= 4 is 34.2 Å². The zero-order chi connectivity index (χ0) is 13.1. The summed E-state index contributed by atoms with van der Waals surface area (Å²) in [5.74, 6) is -0.126. The maximum absolute atomic E-state index is 11.9. The van der Waals surface area contributed by atoms with Gasteiger partial charge in [-0.15, -0.1) is 0 Å². The molecule has 0 aliphatic carbocycles. The number of aromatic nitrogens is 2. The molecule has 0 bridgehead atoms. The molecule has 1 heterocycles. The first-order valence-corrected chi connectivity index (χ1v) is 6.45. The van der Waals surface area contributed by atoms with Crippen LogP contribution in [0.15, 0.2) is 36.7 Å². The second kappa shape index (κ2) is 5.43. The Morgan fingerprint density at radius 2 is 1.89 bits per heavy atom. The third-order valence-corrected chi connectivity index (χ3v) is 3.28. The van der Waals surface area contributed by atoms with Crippen LogP contribution in [0.25, 0.3) is 0 Å². The van der Waals surface area contributed by atoms with Crippen LogP contribution in [0.5, 0.6) is 0 Å². The van der Waals surface area contributed by atoms with Crippen molar-refractivity contribution in [3.63, 3.8) is 0 Å². The van der Waals surface area contributed by atoms with Crippen molar-refractivity contribution in [3.05, 3.63) is 51.6 Å². The molecule has 0 radical (unpaired) electrons. The Hall–Kier alpha value is -1.50. The molecule has 0 aliphatic rings. The number of carbonyl (C=O) groups excluding carboxylic acids is 2. The number of benzene rings is 1. The minimum Gasteiger partial charge on any atom is -0.332 e. The van der Waals surface area contributed by atoms with E-state index in [4.69, 9.17) is 0 Å². The molecule has 0 saturated heterocycles. The minimum absolute atomic E-state index is 0.147. The van der Waals surface area contributed by atoms with Gasteiger partial charge in [-0.05, 0) is 34.7 Å². The first kappa shape index (κ1) is 12.9. The third kappa shape index (κ3) is 2.84. The molecule has 1 aromatic carbocycles. The molecule has 2 aromatic rings. The fourth-order valence-electron chi connectivity index (χ4n) is 1.60. The van der Waals surface area contributed by atoms with Crippen LogP contribution in [0.4, 0.5) is 0 Å². The molecule has 1 aromatic heterocycles. The number of aryl methyl sites for hydroxylation is 1. The molecule has 92 valence electrons. The van der Waals surface area contributed by atoms with Crippen LogP contribution in [0, 0.1) is 3.57 Å². The number of carbonyl (C=O) groups is 2. The molecule has 0 unspecified atom stereocenters. The predicted octanol–water partition coefficient (Wildman–Crippen LogP) is 2.48. The lowest BCUT2D eigenvalue weighted by Crippen LogP contribution is -2.12. The monoisotopic (exact) mass is 354 g/mol. The van der Waals surface area contributed by atoms with Gasteiger partial charge in [0, 0.05) is 28.6 Å². The van der Waals surface area contributed by atoms with Gasteiger partial charge in [-0.3, -0.25) is 9.59 Å². The van der Waals surface area contributed by atoms with E-state index in [1.165, 1.54) is 0 Å². The molecule has 5 heteroatoms. The van der Waals surface area contributed by atoms with Gasteiger partial charge in [0.05, 0.1) is 6.42 Å². The van der Waals surface area contributed by atoms with Crippen LogP contribution in [0.2, 0.25) is 0 Å². The first-order valence-electron chi connectivity index (χ1n) is 5.37. The Balaban J connectivity index is 2.10. The summed E-state index contributed by atoms with van der Waals surface area (Å²) in [6.45, 7) is 0. The average molecular weight is 354 g/mol. The maximum atomic E-state index is 11.9. The summed E-state index contributed by atoms with van der Waals surface area (Å²) in [4.78, 5) is 27.7. The van der Waals surface area contributed by atoms with Crippen molar-refractivity contribution in [3.8, 4) is 0 Å². The van der Waals surface area contributed by atoms with Crippen molar-refractivity contribution in [2.75, 3.05) is 0 Å². The number of hydrogen-bond donors (Lipinski definition) is 0. The van der Waals surface area contributed by atoms with E-state index >= 15 is 0 Å². The highest BCUT2D eigenvalue weighted by Crippen LogP contribution is 2.10. The zero-order valence-corrected chi connectivity index (χ0v) is 11.9. The smallest absolute Gasteiger partial charge is 0.205 e. The van der Waals surface area contributed by atoms with Gasteiger partial charge in [-0.25, -0.2) is 4.98 Å². The van der Waals surface area contributed by atoms with E-state index in [9.17, 15) is 9.59 Å². The van der Waals surface area contributed by atoms with Gasteiger partial charge in [-0.2, -0.15) is 0 Å². The third-order valence-electron chi connectivity index (χ3n) is 2.56. The summed E-state index contributed by atoms with van der Waals surface area (Å²) >= 11 is 2.17. The van der Waals surface area contributed by atoms with Gasteiger partial charge >= 0.3 is 0 Å². The Kier molecular flexibility index (Phi) is 3.90. The fourth-order valence-corrected chi connectivity index (χ4v) is 1.96. The summed E-state index contributed by atoms with van der Waals surface area (Å²) in [5, 5.41) is 0. The zero-order valence-electron chi connectivity index (χ0n) is 9.76. The van der Waals surface area contributed by atoms with Gasteiger partial charge < -0.3 is 4.57 Å². The summed E-state index contributed by atoms with van der Waals surface area (Å²) in [6, 6.07) is 7.16. The number of halogens is 1. The van der Waals surface area contributed by atoms with Gasteiger partial charge in [-0.1, -0.05) is 12.1 Å². The highest BCUT2D eigenvalue weighted by Gasteiger charge is 2.16. The molecular formula is C13H11IN2O2. The number of hydrogen-bond acceptors (Lipinski definition) is 3. The first-order chi connectivity index (χ1) is 8.58. The predicted molar refractivity (Wildman–Crippen MR) is 75.6 cm³/mol. The van der Waals surface area contributed by atoms with Gasteiger partial charge in [0.2, 0.25) is 5.78 Å². The van der Waals surface area contributed by atoms with Crippen molar-refractivity contribution in [1.82, 2.24) is 9.55 Å². The summed E-state index contributed by atoms with van der Waals surface area (Å²) < 4.78 is 2.67. The number of imidazole rings is 1. The molecule has 0 amide bonds. The molecule has 0 fully saturated rings. The Morgan fingerprint density at radius 1 is 1.22 bits per heavy atom. The summed E-state index contributed by atoms with van der Waals surface area (Å²) in [5.41, 5.74) is 0.554. The standard InChI is InChI=1S/C13H11IN2O2/c1-16-7-6-15-13(16)12(18)8-11(17)9-2-4-10(14)5-3-9/h2-7H,8H2,1H3.